The molecule has 5 heteroatoms. The molecule has 5 nitrogen and oxygen atoms in total. The second kappa shape index (κ2) is 3.58. The summed E-state index contributed by atoms with van der Waals surface area (Å²) >= 11 is 0. The molecule has 0 spiro atoms. The van der Waals surface area contributed by atoms with Gasteiger partial charge in [-0.15, -0.1) is 0 Å². The summed E-state index contributed by atoms with van der Waals surface area (Å²) in [7, 11) is 2.07. The number of nitriles is 1. The van der Waals surface area contributed by atoms with Crippen LogP contribution in [0.1, 0.15) is 0 Å². The Kier molecular flexibility index (Phi) is 2.20. The fraction of sp³-hybridized carbons (Fsp3) is 0.636. The van der Waals surface area contributed by atoms with Crippen LogP contribution in [-0.2, 0) is 0 Å². The number of fused-ring (bicyclic) bond motifs is 1. The van der Waals surface area contributed by atoms with Gasteiger partial charge in [0.15, 0.2) is 6.07 Å². The van der Waals surface area contributed by atoms with Crippen molar-refractivity contribution in [3.63, 3.8) is 0 Å². The van der Waals surface area contributed by atoms with Gasteiger partial charge in [0.2, 0.25) is 6.21 Å². The zero-order chi connectivity index (χ0) is 11.1. The van der Waals surface area contributed by atoms with Crippen LogP contribution in [0, 0.1) is 11.3 Å². The Hall–Kier alpha value is -1.38. The minimum Gasteiger partial charge on any atom is -0.314 e. The molecule has 1 saturated heterocycles. The molecule has 84 valence electrons. The first-order valence-corrected chi connectivity index (χ1v) is 5.74. The van der Waals surface area contributed by atoms with Crippen LogP contribution in [-0.4, -0.2) is 66.5 Å². The fourth-order valence-corrected chi connectivity index (χ4v) is 2.46. The second-order valence-electron chi connectivity index (χ2n) is 4.51. The summed E-state index contributed by atoms with van der Waals surface area (Å²) in [4.78, 5) is 4.62. The van der Waals surface area contributed by atoms with E-state index in [0.29, 0.717) is 6.17 Å². The number of hydrogen-bond donors (Lipinski definition) is 1. The molecule has 1 fully saturated rings. The smallest absolute Gasteiger partial charge is 0.312 e. The van der Waals surface area contributed by atoms with Crippen molar-refractivity contribution in [1.82, 2.24) is 15.1 Å². The third-order valence-electron chi connectivity index (χ3n) is 3.53. The van der Waals surface area contributed by atoms with E-state index >= 15 is 0 Å². The van der Waals surface area contributed by atoms with Gasteiger partial charge in [0.05, 0.1) is 0 Å². The van der Waals surface area contributed by atoms with Gasteiger partial charge >= 0.3 is 11.9 Å². The van der Waals surface area contributed by atoms with Gasteiger partial charge in [0, 0.05) is 39.8 Å². The summed E-state index contributed by atoms with van der Waals surface area (Å²) in [6.45, 7) is 5.16. The fourth-order valence-electron chi connectivity index (χ4n) is 2.46. The molecular formula is C11H16N5+. The highest BCUT2D eigenvalue weighted by Gasteiger charge is 2.52. The van der Waals surface area contributed by atoms with Crippen molar-refractivity contribution in [3.8, 4) is 6.07 Å². The number of nitrogens with one attached hydrogen (secondary N) is 1. The van der Waals surface area contributed by atoms with Crippen molar-refractivity contribution in [2.45, 2.75) is 6.17 Å². The van der Waals surface area contributed by atoms with E-state index in [2.05, 4.69) is 39.0 Å². The maximum atomic E-state index is 9.15. The molecule has 16 heavy (non-hydrogen) atoms. The van der Waals surface area contributed by atoms with E-state index in [1.807, 2.05) is 0 Å². The molecule has 1 N–H and O–H groups in total. The van der Waals surface area contributed by atoms with Gasteiger partial charge in [-0.3, -0.25) is 4.90 Å². The summed E-state index contributed by atoms with van der Waals surface area (Å²) in [5.74, 6) is 0. The van der Waals surface area contributed by atoms with Gasteiger partial charge in [-0.1, -0.05) is 0 Å². The van der Waals surface area contributed by atoms with E-state index in [1.165, 1.54) is 5.70 Å². The molecular weight excluding hydrogens is 202 g/mol. The van der Waals surface area contributed by atoms with Crippen LogP contribution in [0.2, 0.25) is 0 Å². The molecule has 0 unspecified atom stereocenters. The molecule has 1 atom stereocenters. The molecule has 0 amide bonds. The lowest BCUT2D eigenvalue weighted by Gasteiger charge is -2.28. The number of hydrogen-bond acceptors (Lipinski definition) is 4. The molecule has 0 aromatic carbocycles. The van der Waals surface area contributed by atoms with E-state index in [9.17, 15) is 0 Å². The molecule has 0 bridgehead atoms. The summed E-state index contributed by atoms with van der Waals surface area (Å²) in [5.41, 5.74) is 2.02. The second-order valence-corrected chi connectivity index (χ2v) is 4.51. The predicted molar refractivity (Wildman–Crippen MR) is 59.8 cm³/mol. The summed E-state index contributed by atoms with van der Waals surface area (Å²) < 4.78 is 2.05. The lowest BCUT2D eigenvalue weighted by Crippen LogP contribution is -2.45. The minimum absolute atomic E-state index is 0.354. The van der Waals surface area contributed by atoms with Gasteiger partial charge in [-0.2, -0.15) is 9.84 Å². The zero-order valence-corrected chi connectivity index (χ0v) is 9.48. The van der Waals surface area contributed by atoms with Crippen LogP contribution in [0.25, 0.3) is 0 Å². The first-order valence-electron chi connectivity index (χ1n) is 5.74. The molecule has 3 rings (SSSR count). The summed E-state index contributed by atoms with van der Waals surface area (Å²) in [6.07, 6.45) is 2.44. The predicted octanol–water partition coefficient (Wildman–Crippen LogP) is -1.00. The summed E-state index contributed by atoms with van der Waals surface area (Å²) in [6, 6.07) is 2.32. The van der Waals surface area contributed by atoms with Crippen LogP contribution >= 0.6 is 0 Å². The van der Waals surface area contributed by atoms with Gasteiger partial charge in [-0.05, 0) is 0 Å². The Morgan fingerprint density at radius 2 is 2.31 bits per heavy atom. The molecule has 0 aromatic rings. The molecule has 0 aliphatic carbocycles. The molecule has 3 aliphatic rings. The van der Waals surface area contributed by atoms with Gasteiger partial charge in [-0.25, -0.2) is 0 Å². The van der Waals surface area contributed by atoms with Gasteiger partial charge in [0.1, 0.15) is 5.70 Å². The van der Waals surface area contributed by atoms with Crippen LogP contribution in [0.5, 0.6) is 0 Å². The molecule has 0 saturated carbocycles. The largest absolute Gasteiger partial charge is 0.314 e. The number of likely N-dealkylation sites (N-methyl/N-ethyl adjacent to an activating group) is 1. The van der Waals surface area contributed by atoms with Crippen LogP contribution in [0.4, 0.5) is 0 Å². The van der Waals surface area contributed by atoms with E-state index in [4.69, 9.17) is 5.26 Å². The average Bonchev–Trinajstić information content (AvgIpc) is 3.05. The normalized spacial score (nSPS) is 28.9. The number of nitrogens with zero attached hydrogens (tertiary/aromatic N) is 4. The Balaban J connectivity index is 1.75. The lowest BCUT2D eigenvalue weighted by atomic mass is 10.2. The average molecular weight is 218 g/mol. The maximum absolute atomic E-state index is 9.15. The maximum Gasteiger partial charge on any atom is 0.312 e. The monoisotopic (exact) mass is 218 g/mol. The third kappa shape index (κ3) is 1.42. The molecule has 3 aliphatic heterocycles. The van der Waals surface area contributed by atoms with Crippen molar-refractivity contribution < 1.29 is 4.58 Å². The Bertz CT molecular complexity index is 411. The van der Waals surface area contributed by atoms with Gasteiger partial charge < -0.3 is 10.2 Å². The third-order valence-corrected chi connectivity index (χ3v) is 3.53. The molecule has 0 radical (unpaired) electrons. The van der Waals surface area contributed by atoms with E-state index in [0.717, 1.165) is 38.4 Å². The Labute approximate surface area is 95.2 Å². The Morgan fingerprint density at radius 3 is 3.00 bits per heavy atom. The van der Waals surface area contributed by atoms with Crippen LogP contribution in [0.15, 0.2) is 11.4 Å². The van der Waals surface area contributed by atoms with Crippen molar-refractivity contribution in [3.05, 3.63) is 11.4 Å². The highest BCUT2D eigenvalue weighted by molar-refractivity contribution is 5.70. The zero-order valence-electron chi connectivity index (χ0n) is 9.48. The number of piperazine rings is 1. The van der Waals surface area contributed by atoms with Gasteiger partial charge in [0.25, 0.3) is 0 Å². The summed E-state index contributed by atoms with van der Waals surface area (Å²) in [5, 5.41) is 12.5. The van der Waals surface area contributed by atoms with Crippen molar-refractivity contribution in [2.75, 3.05) is 39.8 Å². The van der Waals surface area contributed by atoms with E-state index in [1.54, 1.807) is 0 Å². The van der Waals surface area contributed by atoms with Crippen LogP contribution in [0.3, 0.4) is 0 Å². The standard InChI is InChI=1S/C11H16N5/c1-14-10(7-15-4-2-13-3-5-15)9(6-12)16-8-11(14)16/h8,11,13H,2-5,7H2,1H3/q+1/t11-/m0/s1. The van der Waals surface area contributed by atoms with E-state index in [-0.39, 0.29) is 0 Å². The highest BCUT2D eigenvalue weighted by Crippen LogP contribution is 2.29. The topological polar surface area (TPSA) is 45.3 Å². The van der Waals surface area contributed by atoms with Crippen molar-refractivity contribution >= 4 is 6.21 Å². The molecule has 3 heterocycles. The Morgan fingerprint density at radius 1 is 1.56 bits per heavy atom. The quantitative estimate of drug-likeness (QED) is 0.604. The van der Waals surface area contributed by atoms with Crippen LogP contribution < -0.4 is 5.32 Å². The number of allylic oxidation sites excluding steroid dienone is 1. The first kappa shape index (κ1) is 9.82. The highest BCUT2D eigenvalue weighted by atomic mass is 15.4. The first-order chi connectivity index (χ1) is 7.81. The lowest BCUT2D eigenvalue weighted by molar-refractivity contribution is -0.412. The van der Waals surface area contributed by atoms with Crippen molar-refractivity contribution in [2.24, 2.45) is 0 Å². The SMILES string of the molecule is CN1C(CN2CCNCC2)=C(C#N)[N+]2=C[C@@H]12. The molecule has 0 aromatic heterocycles. The van der Waals surface area contributed by atoms with Crippen molar-refractivity contribution in [1.29, 1.82) is 5.26 Å². The minimum atomic E-state index is 0.354. The van der Waals surface area contributed by atoms with E-state index < -0.39 is 0 Å². The number of rotatable bonds is 2.